The highest BCUT2D eigenvalue weighted by molar-refractivity contribution is 5.77. The maximum Gasteiger partial charge on any atom is 0.407 e. The molecule has 0 bridgehead atoms. The number of carbonyl (C=O) groups is 2. The molecule has 2 atom stereocenters. The molecular weight excluding hydrogens is 286 g/mol. The van der Waals surface area contributed by atoms with Crippen LogP contribution in [0, 0.1) is 0 Å². The lowest BCUT2D eigenvalue weighted by molar-refractivity contribution is -0.151. The van der Waals surface area contributed by atoms with E-state index in [-0.39, 0.29) is 6.42 Å². The Morgan fingerprint density at radius 2 is 1.82 bits per heavy atom. The standard InChI is InChI=1S/C16H23NO5/c1-16(2,3)22-15(20)17-12(13(18)14(19)21-4)10-11-8-6-5-7-9-11/h5-9,12-13,18H,10H2,1-4H3,(H,17,20)/t12-,13+/m0/s1. The quantitative estimate of drug-likeness (QED) is 0.808. The van der Waals surface area contributed by atoms with Crippen LogP contribution in [-0.2, 0) is 20.7 Å². The number of hydrogen-bond donors (Lipinski definition) is 2. The number of carbonyl (C=O) groups excluding carboxylic acids is 2. The molecule has 1 aromatic rings. The molecule has 6 heteroatoms. The summed E-state index contributed by atoms with van der Waals surface area (Å²) in [5, 5.41) is 12.6. The predicted octanol–water partition coefficient (Wildman–Crippen LogP) is 1.66. The third kappa shape index (κ3) is 6.13. The second-order valence-electron chi connectivity index (χ2n) is 5.91. The van der Waals surface area contributed by atoms with Crippen LogP contribution in [0.1, 0.15) is 26.3 Å². The smallest absolute Gasteiger partial charge is 0.407 e. The Bertz CT molecular complexity index is 495. The zero-order chi connectivity index (χ0) is 16.8. The molecule has 0 spiro atoms. The van der Waals surface area contributed by atoms with Gasteiger partial charge in [0.15, 0.2) is 6.10 Å². The van der Waals surface area contributed by atoms with Crippen molar-refractivity contribution >= 4 is 12.1 Å². The number of aliphatic hydroxyl groups excluding tert-OH is 1. The van der Waals surface area contributed by atoms with Crippen molar-refractivity contribution in [2.45, 2.75) is 44.9 Å². The molecule has 122 valence electrons. The van der Waals surface area contributed by atoms with Gasteiger partial charge in [-0.1, -0.05) is 30.3 Å². The van der Waals surface area contributed by atoms with Crippen LogP contribution in [0.25, 0.3) is 0 Å². The van der Waals surface area contributed by atoms with Crippen molar-refractivity contribution < 1.29 is 24.2 Å². The third-order valence-electron chi connectivity index (χ3n) is 2.82. The average molecular weight is 309 g/mol. The first-order valence-electron chi connectivity index (χ1n) is 7.02. The minimum atomic E-state index is -1.47. The summed E-state index contributed by atoms with van der Waals surface area (Å²) >= 11 is 0. The minimum Gasteiger partial charge on any atom is -0.467 e. The summed E-state index contributed by atoms with van der Waals surface area (Å²) in [7, 11) is 1.18. The Hall–Kier alpha value is -2.08. The molecule has 0 aliphatic rings. The van der Waals surface area contributed by atoms with Gasteiger partial charge in [0.2, 0.25) is 0 Å². The molecule has 1 amide bonds. The van der Waals surface area contributed by atoms with Crippen LogP contribution >= 0.6 is 0 Å². The summed E-state index contributed by atoms with van der Waals surface area (Å²) in [5.74, 6) is -0.808. The van der Waals surface area contributed by atoms with Crippen LogP contribution in [0.15, 0.2) is 30.3 Å². The first-order chi connectivity index (χ1) is 10.2. The molecule has 0 aliphatic heterocycles. The van der Waals surface area contributed by atoms with E-state index in [1.54, 1.807) is 20.8 Å². The van der Waals surface area contributed by atoms with E-state index >= 15 is 0 Å². The summed E-state index contributed by atoms with van der Waals surface area (Å²) in [6.45, 7) is 5.19. The van der Waals surface area contributed by atoms with Crippen molar-refractivity contribution in [1.29, 1.82) is 0 Å². The zero-order valence-corrected chi connectivity index (χ0v) is 13.3. The monoisotopic (exact) mass is 309 g/mol. The van der Waals surface area contributed by atoms with Gasteiger partial charge in [-0.25, -0.2) is 9.59 Å². The Labute approximate surface area is 130 Å². The molecule has 0 heterocycles. The van der Waals surface area contributed by atoms with Gasteiger partial charge in [0, 0.05) is 0 Å². The summed E-state index contributed by atoms with van der Waals surface area (Å²) in [6, 6.07) is 8.37. The Morgan fingerprint density at radius 3 is 2.32 bits per heavy atom. The highest BCUT2D eigenvalue weighted by Gasteiger charge is 2.30. The van der Waals surface area contributed by atoms with Gasteiger partial charge in [0.05, 0.1) is 13.2 Å². The number of hydrogen-bond acceptors (Lipinski definition) is 5. The first kappa shape index (κ1) is 18.0. The first-order valence-corrected chi connectivity index (χ1v) is 7.02. The van der Waals surface area contributed by atoms with E-state index in [0.29, 0.717) is 0 Å². The fourth-order valence-electron chi connectivity index (χ4n) is 1.85. The van der Waals surface area contributed by atoms with Crippen molar-refractivity contribution in [3.63, 3.8) is 0 Å². The lowest BCUT2D eigenvalue weighted by Gasteiger charge is -2.25. The molecule has 2 N–H and O–H groups in total. The number of nitrogens with one attached hydrogen (secondary N) is 1. The van der Waals surface area contributed by atoms with E-state index in [1.807, 2.05) is 30.3 Å². The minimum absolute atomic E-state index is 0.274. The normalized spacial score (nSPS) is 13.9. The van der Waals surface area contributed by atoms with E-state index < -0.39 is 29.8 Å². The fourth-order valence-corrected chi connectivity index (χ4v) is 1.85. The van der Waals surface area contributed by atoms with Crippen molar-refractivity contribution in [3.05, 3.63) is 35.9 Å². The lowest BCUT2D eigenvalue weighted by atomic mass is 10.0. The van der Waals surface area contributed by atoms with Crippen molar-refractivity contribution in [2.24, 2.45) is 0 Å². The van der Waals surface area contributed by atoms with E-state index in [1.165, 1.54) is 7.11 Å². The topological polar surface area (TPSA) is 84.9 Å². The molecular formula is C16H23NO5. The van der Waals surface area contributed by atoms with E-state index in [2.05, 4.69) is 10.1 Å². The number of methoxy groups -OCH3 is 1. The van der Waals surface area contributed by atoms with Crippen LogP contribution in [-0.4, -0.2) is 42.0 Å². The zero-order valence-electron chi connectivity index (χ0n) is 13.3. The van der Waals surface area contributed by atoms with Crippen LogP contribution < -0.4 is 5.32 Å². The van der Waals surface area contributed by atoms with Gasteiger partial charge in [-0.2, -0.15) is 0 Å². The Balaban J connectivity index is 2.82. The van der Waals surface area contributed by atoms with Gasteiger partial charge in [-0.05, 0) is 32.8 Å². The largest absolute Gasteiger partial charge is 0.467 e. The van der Waals surface area contributed by atoms with Gasteiger partial charge in [-0.15, -0.1) is 0 Å². The van der Waals surface area contributed by atoms with Gasteiger partial charge in [0.25, 0.3) is 0 Å². The summed E-state index contributed by atoms with van der Waals surface area (Å²) in [4.78, 5) is 23.4. The molecule has 6 nitrogen and oxygen atoms in total. The number of esters is 1. The molecule has 0 aliphatic carbocycles. The summed E-state index contributed by atoms with van der Waals surface area (Å²) in [6.07, 6.45) is -1.90. The molecule has 1 aromatic carbocycles. The van der Waals surface area contributed by atoms with E-state index in [9.17, 15) is 14.7 Å². The van der Waals surface area contributed by atoms with Crippen molar-refractivity contribution in [3.8, 4) is 0 Å². The number of ether oxygens (including phenoxy) is 2. The van der Waals surface area contributed by atoms with E-state index in [4.69, 9.17) is 4.74 Å². The number of alkyl carbamates (subject to hydrolysis) is 1. The maximum absolute atomic E-state index is 11.9. The van der Waals surface area contributed by atoms with Crippen LogP contribution in [0.4, 0.5) is 4.79 Å². The fraction of sp³-hybridized carbons (Fsp3) is 0.500. The molecule has 22 heavy (non-hydrogen) atoms. The van der Waals surface area contributed by atoms with Gasteiger partial charge in [-0.3, -0.25) is 0 Å². The molecule has 0 saturated carbocycles. The maximum atomic E-state index is 11.9. The average Bonchev–Trinajstić information content (AvgIpc) is 2.44. The Kier molecular flexibility index (Phi) is 6.37. The summed E-state index contributed by atoms with van der Waals surface area (Å²) in [5.41, 5.74) is 0.198. The second-order valence-corrected chi connectivity index (χ2v) is 5.91. The number of amides is 1. The highest BCUT2D eigenvalue weighted by atomic mass is 16.6. The Morgan fingerprint density at radius 1 is 1.23 bits per heavy atom. The molecule has 0 saturated heterocycles. The molecule has 0 fully saturated rings. The third-order valence-corrected chi connectivity index (χ3v) is 2.82. The van der Waals surface area contributed by atoms with E-state index in [0.717, 1.165) is 5.56 Å². The lowest BCUT2D eigenvalue weighted by Crippen LogP contribution is -2.49. The van der Waals surface area contributed by atoms with Crippen molar-refractivity contribution in [1.82, 2.24) is 5.32 Å². The molecule has 0 unspecified atom stereocenters. The molecule has 1 rings (SSSR count). The number of benzene rings is 1. The number of rotatable bonds is 5. The highest BCUT2D eigenvalue weighted by Crippen LogP contribution is 2.11. The van der Waals surface area contributed by atoms with Crippen LogP contribution in [0.2, 0.25) is 0 Å². The number of aliphatic hydroxyl groups is 1. The van der Waals surface area contributed by atoms with Gasteiger partial charge < -0.3 is 19.9 Å². The van der Waals surface area contributed by atoms with Crippen molar-refractivity contribution in [2.75, 3.05) is 7.11 Å². The predicted molar refractivity (Wildman–Crippen MR) is 81.3 cm³/mol. The van der Waals surface area contributed by atoms with Crippen LogP contribution in [0.3, 0.4) is 0 Å². The van der Waals surface area contributed by atoms with Crippen LogP contribution in [0.5, 0.6) is 0 Å². The molecule has 0 aromatic heterocycles. The molecule has 0 radical (unpaired) electrons. The van der Waals surface area contributed by atoms with Gasteiger partial charge in [0.1, 0.15) is 5.60 Å². The summed E-state index contributed by atoms with van der Waals surface area (Å²) < 4.78 is 9.69. The second kappa shape index (κ2) is 7.79. The SMILES string of the molecule is COC(=O)[C@H](O)[C@H](Cc1ccccc1)NC(=O)OC(C)(C)C. The van der Waals surface area contributed by atoms with Gasteiger partial charge >= 0.3 is 12.1 Å².